The molecule has 0 aliphatic heterocycles. The number of rotatable bonds is 6. The van der Waals surface area contributed by atoms with Gasteiger partial charge in [0, 0.05) is 23.3 Å². The largest absolute Gasteiger partial charge is 0.489 e. The normalized spacial score (nSPS) is 10.9. The average Bonchev–Trinajstić information content (AvgIpc) is 2.65. The predicted molar refractivity (Wildman–Crippen MR) is 100 cm³/mol. The van der Waals surface area contributed by atoms with Crippen LogP contribution in [0.15, 0.2) is 54.6 Å². The van der Waals surface area contributed by atoms with Gasteiger partial charge in [0.1, 0.15) is 29.8 Å². The lowest BCUT2D eigenvalue weighted by molar-refractivity contribution is 0.296. The molecule has 0 unspecified atom stereocenters. The van der Waals surface area contributed by atoms with Gasteiger partial charge in [-0.1, -0.05) is 42.0 Å². The molecule has 0 saturated carbocycles. The Bertz CT molecular complexity index is 910. The summed E-state index contributed by atoms with van der Waals surface area (Å²) in [5.74, 6) is -1.71. The lowest BCUT2D eigenvalue weighted by Gasteiger charge is -2.10. The maximum Gasteiger partial charge on any atom is 0.132 e. The fourth-order valence-corrected chi connectivity index (χ4v) is 2.77. The van der Waals surface area contributed by atoms with Crippen molar-refractivity contribution in [1.82, 2.24) is 0 Å². The molecule has 0 amide bonds. The van der Waals surface area contributed by atoms with E-state index in [-0.39, 0.29) is 23.7 Å². The number of hydrogen-bond acceptors (Lipinski definition) is 1. The Kier molecular flexibility index (Phi) is 5.84. The molecular formula is C23H21F3O. The summed E-state index contributed by atoms with van der Waals surface area (Å²) >= 11 is 0. The third kappa shape index (κ3) is 4.91. The summed E-state index contributed by atoms with van der Waals surface area (Å²) in [4.78, 5) is 0. The zero-order valence-corrected chi connectivity index (χ0v) is 15.4. The molecule has 3 aromatic rings. The van der Waals surface area contributed by atoms with Crippen molar-refractivity contribution < 1.29 is 17.9 Å². The topological polar surface area (TPSA) is 9.23 Å². The maximum absolute atomic E-state index is 14.3. The van der Waals surface area contributed by atoms with Crippen LogP contribution in [-0.2, 0) is 19.4 Å². The van der Waals surface area contributed by atoms with E-state index in [1.165, 1.54) is 24.1 Å². The smallest absolute Gasteiger partial charge is 0.132 e. The predicted octanol–water partition coefficient (Wildman–Crippen LogP) is 6.08. The summed E-state index contributed by atoms with van der Waals surface area (Å²) in [6.45, 7) is 3.30. The SMILES string of the molecule is Cc1ccc(CCc2ccc(COc3cc(F)c(C)c(F)c3)c(F)c2)cc1. The first-order chi connectivity index (χ1) is 12.9. The van der Waals surface area contributed by atoms with Crippen molar-refractivity contribution in [3.05, 3.63) is 99.9 Å². The summed E-state index contributed by atoms with van der Waals surface area (Å²) in [7, 11) is 0. The lowest BCUT2D eigenvalue weighted by Crippen LogP contribution is -2.01. The van der Waals surface area contributed by atoms with Crippen LogP contribution in [0.3, 0.4) is 0 Å². The molecule has 0 bridgehead atoms. The van der Waals surface area contributed by atoms with E-state index in [4.69, 9.17) is 4.74 Å². The van der Waals surface area contributed by atoms with Crippen LogP contribution in [0.2, 0.25) is 0 Å². The van der Waals surface area contributed by atoms with Gasteiger partial charge in [0.15, 0.2) is 0 Å². The first-order valence-electron chi connectivity index (χ1n) is 8.83. The van der Waals surface area contributed by atoms with Crippen molar-refractivity contribution in [2.45, 2.75) is 33.3 Å². The Morgan fingerprint density at radius 2 is 1.30 bits per heavy atom. The Hall–Kier alpha value is -2.75. The average molecular weight is 370 g/mol. The third-order valence-electron chi connectivity index (χ3n) is 4.59. The monoisotopic (exact) mass is 370 g/mol. The molecular weight excluding hydrogens is 349 g/mol. The van der Waals surface area contributed by atoms with Gasteiger partial charge in [-0.05, 0) is 43.9 Å². The highest BCUT2D eigenvalue weighted by Gasteiger charge is 2.10. The third-order valence-corrected chi connectivity index (χ3v) is 4.59. The minimum absolute atomic E-state index is 0.0402. The highest BCUT2D eigenvalue weighted by atomic mass is 19.1. The van der Waals surface area contributed by atoms with E-state index in [0.717, 1.165) is 30.5 Å². The molecule has 0 aliphatic rings. The highest BCUT2D eigenvalue weighted by molar-refractivity contribution is 5.31. The fraction of sp³-hybridized carbons (Fsp3) is 0.217. The summed E-state index contributed by atoms with van der Waals surface area (Å²) in [6.07, 6.45) is 1.56. The second-order valence-corrected chi connectivity index (χ2v) is 6.71. The van der Waals surface area contributed by atoms with Gasteiger partial charge in [0.25, 0.3) is 0 Å². The van der Waals surface area contributed by atoms with Crippen LogP contribution in [0.5, 0.6) is 5.75 Å². The van der Waals surface area contributed by atoms with E-state index in [1.54, 1.807) is 6.07 Å². The van der Waals surface area contributed by atoms with Crippen molar-refractivity contribution in [3.8, 4) is 5.75 Å². The van der Waals surface area contributed by atoms with E-state index in [1.807, 2.05) is 13.0 Å². The molecule has 3 rings (SSSR count). The first kappa shape index (κ1) is 19.0. The van der Waals surface area contributed by atoms with Crippen molar-refractivity contribution in [1.29, 1.82) is 0 Å². The minimum Gasteiger partial charge on any atom is -0.489 e. The highest BCUT2D eigenvalue weighted by Crippen LogP contribution is 2.22. The van der Waals surface area contributed by atoms with Gasteiger partial charge < -0.3 is 4.74 Å². The molecule has 1 nitrogen and oxygen atoms in total. The summed E-state index contributed by atoms with van der Waals surface area (Å²) < 4.78 is 46.8. The summed E-state index contributed by atoms with van der Waals surface area (Å²) in [5.41, 5.74) is 3.59. The van der Waals surface area contributed by atoms with Crippen LogP contribution < -0.4 is 4.74 Å². The Labute approximate surface area is 157 Å². The van der Waals surface area contributed by atoms with Gasteiger partial charge in [-0.25, -0.2) is 13.2 Å². The molecule has 0 aliphatic carbocycles. The first-order valence-corrected chi connectivity index (χ1v) is 8.83. The quantitative estimate of drug-likeness (QED) is 0.511. The van der Waals surface area contributed by atoms with Crippen LogP contribution in [0.1, 0.15) is 27.8 Å². The van der Waals surface area contributed by atoms with E-state index in [2.05, 4.69) is 24.3 Å². The summed E-state index contributed by atoms with van der Waals surface area (Å²) in [5, 5.41) is 0. The van der Waals surface area contributed by atoms with Crippen LogP contribution >= 0.6 is 0 Å². The minimum atomic E-state index is -0.683. The van der Waals surface area contributed by atoms with E-state index in [9.17, 15) is 13.2 Å². The second-order valence-electron chi connectivity index (χ2n) is 6.71. The molecule has 140 valence electrons. The Morgan fingerprint density at radius 3 is 1.93 bits per heavy atom. The van der Waals surface area contributed by atoms with Crippen molar-refractivity contribution in [3.63, 3.8) is 0 Å². The van der Waals surface area contributed by atoms with Crippen LogP contribution in [0, 0.1) is 31.3 Å². The van der Waals surface area contributed by atoms with Gasteiger partial charge in [-0.2, -0.15) is 0 Å². The van der Waals surface area contributed by atoms with Gasteiger partial charge in [-0.3, -0.25) is 0 Å². The molecule has 27 heavy (non-hydrogen) atoms. The van der Waals surface area contributed by atoms with Gasteiger partial charge in [-0.15, -0.1) is 0 Å². The zero-order valence-electron chi connectivity index (χ0n) is 15.4. The molecule has 0 fully saturated rings. The number of ether oxygens (including phenoxy) is 1. The van der Waals surface area contributed by atoms with Crippen LogP contribution in [0.4, 0.5) is 13.2 Å². The standard InChI is InChI=1S/C23H21F3O/c1-15-3-5-17(6-4-15)7-8-18-9-10-19(23(26)11-18)14-27-20-12-21(24)16(2)22(25)13-20/h3-6,9-13H,7-8,14H2,1-2H3. The second kappa shape index (κ2) is 8.30. The Morgan fingerprint density at radius 1 is 0.704 bits per heavy atom. The molecule has 0 radical (unpaired) electrons. The number of halogens is 3. The molecule has 0 N–H and O–H groups in total. The lowest BCUT2D eigenvalue weighted by atomic mass is 10.0. The maximum atomic E-state index is 14.3. The van der Waals surface area contributed by atoms with Gasteiger partial charge in [0.05, 0.1) is 0 Å². The molecule has 0 spiro atoms. The van der Waals surface area contributed by atoms with E-state index in [0.29, 0.717) is 5.56 Å². The molecule has 0 heterocycles. The molecule has 0 atom stereocenters. The van der Waals surface area contributed by atoms with E-state index < -0.39 is 11.6 Å². The zero-order chi connectivity index (χ0) is 19.4. The molecule has 0 saturated heterocycles. The molecule has 4 heteroatoms. The Balaban J connectivity index is 1.62. The number of benzene rings is 3. The number of aryl methyl sites for hydroxylation is 3. The van der Waals surface area contributed by atoms with Crippen LogP contribution in [-0.4, -0.2) is 0 Å². The van der Waals surface area contributed by atoms with Crippen LogP contribution in [0.25, 0.3) is 0 Å². The molecule has 3 aromatic carbocycles. The van der Waals surface area contributed by atoms with Crippen molar-refractivity contribution >= 4 is 0 Å². The van der Waals surface area contributed by atoms with E-state index >= 15 is 0 Å². The van der Waals surface area contributed by atoms with Gasteiger partial charge >= 0.3 is 0 Å². The summed E-state index contributed by atoms with van der Waals surface area (Å²) in [6, 6.07) is 15.5. The van der Waals surface area contributed by atoms with Crippen molar-refractivity contribution in [2.75, 3.05) is 0 Å². The number of hydrogen-bond donors (Lipinski definition) is 0. The molecule has 0 aromatic heterocycles. The van der Waals surface area contributed by atoms with Gasteiger partial charge in [0.2, 0.25) is 0 Å². The fourth-order valence-electron chi connectivity index (χ4n) is 2.77. The van der Waals surface area contributed by atoms with Crippen molar-refractivity contribution in [2.24, 2.45) is 0 Å².